The highest BCUT2D eigenvalue weighted by Crippen LogP contribution is 2.58. The van der Waals surface area contributed by atoms with E-state index in [9.17, 15) is 0 Å². The second kappa shape index (κ2) is 8.21. The van der Waals surface area contributed by atoms with Crippen molar-refractivity contribution >= 4 is 21.9 Å². The molecule has 0 amide bonds. The van der Waals surface area contributed by atoms with Gasteiger partial charge in [0.1, 0.15) is 5.75 Å². The summed E-state index contributed by atoms with van der Waals surface area (Å²) in [7, 11) is 0. The Labute approximate surface area is 227 Å². The summed E-state index contributed by atoms with van der Waals surface area (Å²) in [6, 6.07) is 13.3. The molecule has 0 bridgehead atoms. The van der Waals surface area contributed by atoms with E-state index >= 15 is 0 Å². The average Bonchev–Trinajstić information content (AvgIpc) is 2.99. The summed E-state index contributed by atoms with van der Waals surface area (Å²) in [6.45, 7) is 23.2. The fourth-order valence-electron chi connectivity index (χ4n) is 7.41. The van der Waals surface area contributed by atoms with E-state index in [1.807, 2.05) is 6.26 Å². The van der Waals surface area contributed by atoms with Crippen LogP contribution in [0.3, 0.4) is 0 Å². The molecule has 1 heterocycles. The summed E-state index contributed by atoms with van der Waals surface area (Å²) in [5, 5.41) is 2.45. The smallest absolute Gasteiger partial charge is 0.131 e. The van der Waals surface area contributed by atoms with E-state index < -0.39 is 5.41 Å². The first-order chi connectivity index (χ1) is 18.0. The maximum atomic E-state index is 6.34. The van der Waals surface area contributed by atoms with Crippen molar-refractivity contribution in [2.75, 3.05) is 0 Å². The van der Waals surface area contributed by atoms with Crippen LogP contribution in [0.15, 0.2) is 48.7 Å². The van der Waals surface area contributed by atoms with Crippen LogP contribution in [0.4, 0.5) is 0 Å². The molecule has 6 rings (SSSR count). The van der Waals surface area contributed by atoms with Crippen LogP contribution >= 0.6 is 0 Å². The van der Waals surface area contributed by atoms with Crippen LogP contribution in [0.5, 0.6) is 5.75 Å². The fraction of sp³-hybridized carbons (Fsp3) is 0.297. The van der Waals surface area contributed by atoms with Gasteiger partial charge in [0.05, 0.1) is 11.7 Å². The van der Waals surface area contributed by atoms with E-state index in [1.54, 1.807) is 0 Å². The third-order valence-corrected chi connectivity index (χ3v) is 10.3. The van der Waals surface area contributed by atoms with Crippen LogP contribution in [-0.2, 0) is 5.41 Å². The van der Waals surface area contributed by atoms with E-state index in [2.05, 4.69) is 112 Å². The van der Waals surface area contributed by atoms with Crippen molar-refractivity contribution in [2.45, 2.75) is 74.7 Å². The average molecular weight is 499 g/mol. The van der Waals surface area contributed by atoms with Crippen molar-refractivity contribution < 1.29 is 4.74 Å². The standard InChI is InChI=1S/C37H38O/c1-19-21(3)27(9)35-33(23(19)5)25(7)26(8)34-24(6)20(2)22(4)28(10)36(34)37(35)15-16-38-32-18-30-14-12-11-13-29(30)17-31(32)37/h11-18H,1-10H3. The molecule has 1 aliphatic carbocycles. The third kappa shape index (κ3) is 2.94. The SMILES string of the molecule is CC1=C(C)c2c(C)c(C)c(C)c(C)c2C2(C=COc3cc4ccccc4cc32)c2c(C)c(C)c(C)c(C)c21. The van der Waals surface area contributed by atoms with Gasteiger partial charge in [-0.05, 0) is 176 Å². The van der Waals surface area contributed by atoms with Crippen LogP contribution in [0, 0.1) is 55.4 Å². The van der Waals surface area contributed by atoms with Crippen molar-refractivity contribution in [3.05, 3.63) is 121 Å². The largest absolute Gasteiger partial charge is 0.465 e. The summed E-state index contributed by atoms with van der Waals surface area (Å²) >= 11 is 0. The molecule has 38 heavy (non-hydrogen) atoms. The molecule has 0 saturated carbocycles. The van der Waals surface area contributed by atoms with Crippen LogP contribution in [0.2, 0.25) is 0 Å². The zero-order chi connectivity index (χ0) is 27.3. The molecule has 0 aromatic heterocycles. The highest BCUT2D eigenvalue weighted by molar-refractivity contribution is 5.99. The summed E-state index contributed by atoms with van der Waals surface area (Å²) in [4.78, 5) is 0. The second-order valence-electron chi connectivity index (χ2n) is 11.7. The van der Waals surface area contributed by atoms with Gasteiger partial charge in [0, 0.05) is 5.56 Å². The van der Waals surface area contributed by atoms with E-state index in [-0.39, 0.29) is 0 Å². The number of hydrogen-bond acceptors (Lipinski definition) is 1. The quantitative estimate of drug-likeness (QED) is 0.234. The van der Waals surface area contributed by atoms with Crippen molar-refractivity contribution in [3.63, 3.8) is 0 Å². The molecule has 192 valence electrons. The van der Waals surface area contributed by atoms with Crippen molar-refractivity contribution in [3.8, 4) is 5.75 Å². The van der Waals surface area contributed by atoms with Gasteiger partial charge in [-0.3, -0.25) is 0 Å². The lowest BCUT2D eigenvalue weighted by Gasteiger charge is -2.41. The van der Waals surface area contributed by atoms with Gasteiger partial charge >= 0.3 is 0 Å². The minimum Gasteiger partial charge on any atom is -0.465 e. The topological polar surface area (TPSA) is 9.23 Å². The normalized spacial score (nSPS) is 15.3. The molecule has 1 nitrogen and oxygen atoms in total. The Morgan fingerprint density at radius 2 is 0.974 bits per heavy atom. The monoisotopic (exact) mass is 498 g/mol. The lowest BCUT2D eigenvalue weighted by atomic mass is 9.62. The Hall–Kier alpha value is -3.58. The lowest BCUT2D eigenvalue weighted by molar-refractivity contribution is 0.444. The van der Waals surface area contributed by atoms with Gasteiger partial charge in [-0.2, -0.15) is 0 Å². The van der Waals surface area contributed by atoms with Gasteiger partial charge in [0.15, 0.2) is 0 Å². The molecular weight excluding hydrogens is 460 g/mol. The molecule has 0 unspecified atom stereocenters. The second-order valence-corrected chi connectivity index (χ2v) is 11.7. The molecule has 0 radical (unpaired) electrons. The van der Waals surface area contributed by atoms with Crippen LogP contribution in [0.25, 0.3) is 21.9 Å². The van der Waals surface area contributed by atoms with Gasteiger partial charge in [0.2, 0.25) is 0 Å². The molecule has 0 saturated heterocycles. The molecule has 4 aromatic carbocycles. The van der Waals surface area contributed by atoms with Gasteiger partial charge in [-0.25, -0.2) is 0 Å². The molecule has 0 atom stereocenters. The predicted molar refractivity (Wildman–Crippen MR) is 163 cm³/mol. The van der Waals surface area contributed by atoms with Crippen molar-refractivity contribution in [1.82, 2.24) is 0 Å². The minimum atomic E-state index is -0.470. The minimum absolute atomic E-state index is 0.470. The van der Waals surface area contributed by atoms with Crippen LogP contribution in [-0.4, -0.2) is 0 Å². The maximum Gasteiger partial charge on any atom is 0.131 e. The molecule has 4 aromatic rings. The maximum absolute atomic E-state index is 6.34. The van der Waals surface area contributed by atoms with Crippen LogP contribution < -0.4 is 4.74 Å². The van der Waals surface area contributed by atoms with E-state index in [1.165, 1.54) is 94.2 Å². The number of benzene rings is 4. The molecule has 2 aliphatic rings. The Bertz CT molecular complexity index is 1690. The molecule has 1 heteroatoms. The summed E-state index contributed by atoms with van der Waals surface area (Å²) in [6.07, 6.45) is 4.31. The number of fused-ring (bicyclic) bond motifs is 7. The molecule has 1 aliphatic heterocycles. The number of rotatable bonds is 0. The summed E-state index contributed by atoms with van der Waals surface area (Å²) in [5.74, 6) is 0.950. The Kier molecular flexibility index (Phi) is 5.34. The fourth-order valence-corrected chi connectivity index (χ4v) is 7.41. The van der Waals surface area contributed by atoms with Gasteiger partial charge in [0.25, 0.3) is 0 Å². The number of ether oxygens (including phenoxy) is 1. The molecule has 0 N–H and O–H groups in total. The zero-order valence-corrected chi connectivity index (χ0v) is 24.5. The Morgan fingerprint density at radius 3 is 1.47 bits per heavy atom. The predicted octanol–water partition coefficient (Wildman–Crippen LogP) is 9.81. The Morgan fingerprint density at radius 1 is 0.526 bits per heavy atom. The first-order valence-corrected chi connectivity index (χ1v) is 13.8. The molecular formula is C37H38O. The molecule has 0 fully saturated rings. The highest BCUT2D eigenvalue weighted by atomic mass is 16.5. The lowest BCUT2D eigenvalue weighted by Crippen LogP contribution is -2.34. The van der Waals surface area contributed by atoms with Gasteiger partial charge < -0.3 is 4.74 Å². The first-order valence-electron chi connectivity index (χ1n) is 13.8. The highest BCUT2D eigenvalue weighted by Gasteiger charge is 2.47. The van der Waals surface area contributed by atoms with Crippen LogP contribution in [0.1, 0.15) is 86.2 Å². The zero-order valence-electron chi connectivity index (χ0n) is 24.5. The third-order valence-electron chi connectivity index (χ3n) is 10.3. The van der Waals surface area contributed by atoms with Crippen molar-refractivity contribution in [1.29, 1.82) is 0 Å². The molecule has 1 spiro atoms. The van der Waals surface area contributed by atoms with E-state index in [4.69, 9.17) is 4.74 Å². The number of hydrogen-bond donors (Lipinski definition) is 0. The van der Waals surface area contributed by atoms with Gasteiger partial charge in [-0.15, -0.1) is 0 Å². The van der Waals surface area contributed by atoms with E-state index in [0.717, 1.165) is 5.75 Å². The van der Waals surface area contributed by atoms with Crippen molar-refractivity contribution in [2.24, 2.45) is 0 Å². The van der Waals surface area contributed by atoms with E-state index in [0.29, 0.717) is 0 Å². The number of allylic oxidation sites excluding steroid dienone is 3. The first kappa shape index (κ1) is 24.7. The summed E-state index contributed by atoms with van der Waals surface area (Å²) < 4.78 is 6.34. The summed E-state index contributed by atoms with van der Waals surface area (Å²) in [5.41, 5.74) is 20.3. The Balaban J connectivity index is 1.96. The van der Waals surface area contributed by atoms with Gasteiger partial charge in [-0.1, -0.05) is 24.3 Å².